The summed E-state index contributed by atoms with van der Waals surface area (Å²) >= 11 is 0. The molecule has 4 heterocycles. The largest absolute Gasteiger partial charge is 0.383 e. The molecular formula is C16H26N5O3+. The van der Waals surface area contributed by atoms with Crippen molar-refractivity contribution in [3.63, 3.8) is 0 Å². The average Bonchev–Trinajstić information content (AvgIpc) is 3.04. The van der Waals surface area contributed by atoms with Crippen molar-refractivity contribution in [3.05, 3.63) is 11.9 Å². The highest BCUT2D eigenvalue weighted by atomic mass is 16.5. The number of rotatable bonds is 7. The van der Waals surface area contributed by atoms with E-state index in [1.807, 2.05) is 0 Å². The number of methoxy groups -OCH3 is 1. The number of hydrogen-bond acceptors (Lipinski definition) is 5. The van der Waals surface area contributed by atoms with E-state index in [2.05, 4.69) is 15.6 Å². The fraction of sp³-hybridized carbons (Fsp3) is 0.750. The Kier molecular flexibility index (Phi) is 5.25. The van der Waals surface area contributed by atoms with E-state index in [-0.39, 0.29) is 17.6 Å². The molecule has 2 N–H and O–H groups in total. The van der Waals surface area contributed by atoms with Crippen LogP contribution in [0.4, 0.5) is 0 Å². The quantitative estimate of drug-likeness (QED) is 0.469. The zero-order chi connectivity index (χ0) is 17.1. The number of ether oxygens (including phenoxy) is 1. The summed E-state index contributed by atoms with van der Waals surface area (Å²) in [5.41, 5.74) is 0.413. The number of piperidine rings is 3. The van der Waals surface area contributed by atoms with E-state index in [1.165, 1.54) is 11.8 Å². The second-order valence-corrected chi connectivity index (χ2v) is 6.87. The molecule has 3 saturated heterocycles. The van der Waals surface area contributed by atoms with Crippen LogP contribution in [0.25, 0.3) is 0 Å². The molecule has 4 rings (SSSR count). The van der Waals surface area contributed by atoms with Crippen molar-refractivity contribution in [1.29, 1.82) is 0 Å². The van der Waals surface area contributed by atoms with Crippen LogP contribution in [0.3, 0.4) is 0 Å². The van der Waals surface area contributed by atoms with Crippen molar-refractivity contribution in [3.8, 4) is 0 Å². The molecule has 1 aromatic rings. The van der Waals surface area contributed by atoms with Gasteiger partial charge in [-0.3, -0.25) is 9.59 Å². The van der Waals surface area contributed by atoms with Crippen molar-refractivity contribution >= 4 is 11.7 Å². The fourth-order valence-corrected chi connectivity index (χ4v) is 4.00. The second kappa shape index (κ2) is 7.40. The first-order valence-corrected chi connectivity index (χ1v) is 8.60. The SMILES string of the molecule is COCCNC(=O)[C@H]1C[NH+]2CC[C@H]1C[C@@H]2Cn1cc(C(C)=O)nn1. The van der Waals surface area contributed by atoms with Gasteiger partial charge in [-0.1, -0.05) is 5.21 Å². The van der Waals surface area contributed by atoms with Crippen LogP contribution in [0.15, 0.2) is 6.20 Å². The molecule has 2 bridgehead atoms. The fourth-order valence-electron chi connectivity index (χ4n) is 4.00. The first-order valence-electron chi connectivity index (χ1n) is 8.60. The Balaban J connectivity index is 1.56. The zero-order valence-corrected chi connectivity index (χ0v) is 14.3. The van der Waals surface area contributed by atoms with Crippen molar-refractivity contribution < 1.29 is 19.2 Å². The molecule has 0 saturated carbocycles. The summed E-state index contributed by atoms with van der Waals surface area (Å²) in [7, 11) is 1.64. The number of carbonyl (C=O) groups is 2. The first-order chi connectivity index (χ1) is 11.6. The lowest BCUT2D eigenvalue weighted by molar-refractivity contribution is -0.945. The van der Waals surface area contributed by atoms with Crippen LogP contribution >= 0.6 is 0 Å². The van der Waals surface area contributed by atoms with Crippen LogP contribution in [-0.2, 0) is 16.1 Å². The van der Waals surface area contributed by atoms with E-state index in [4.69, 9.17) is 4.74 Å². The molecule has 0 aliphatic carbocycles. The van der Waals surface area contributed by atoms with E-state index >= 15 is 0 Å². The number of Topliss-reactive ketones (excluding diaryl/α,β-unsaturated/α-hetero) is 1. The summed E-state index contributed by atoms with van der Waals surface area (Å²) in [5.74, 6) is 0.635. The van der Waals surface area contributed by atoms with E-state index in [0.717, 1.165) is 32.5 Å². The molecule has 24 heavy (non-hydrogen) atoms. The standard InChI is InChI=1S/C16H25N5O3/c1-11(22)15-10-21(19-18-15)8-13-7-12-3-5-20(13)9-14(12)16(23)17-4-6-24-2/h10,12-14H,3-9H2,1-2H3,(H,17,23)/p+1/t12-,13+,14-/m0/s1. The third kappa shape index (κ3) is 3.64. The summed E-state index contributed by atoms with van der Waals surface area (Å²) in [6.45, 7) is 5.35. The van der Waals surface area contributed by atoms with Gasteiger partial charge in [0.1, 0.15) is 11.7 Å². The topological polar surface area (TPSA) is 90.5 Å². The summed E-state index contributed by atoms with van der Waals surface area (Å²) < 4.78 is 6.75. The minimum atomic E-state index is -0.0631. The smallest absolute Gasteiger partial charge is 0.229 e. The monoisotopic (exact) mass is 336 g/mol. The summed E-state index contributed by atoms with van der Waals surface area (Å²) in [4.78, 5) is 25.2. The number of nitrogens with one attached hydrogen (secondary N) is 2. The Morgan fingerprint density at radius 3 is 2.96 bits per heavy atom. The maximum atomic E-state index is 12.4. The van der Waals surface area contributed by atoms with E-state index in [1.54, 1.807) is 18.0 Å². The Hall–Kier alpha value is -1.80. The van der Waals surface area contributed by atoms with Crippen LogP contribution < -0.4 is 10.2 Å². The number of carbonyl (C=O) groups excluding carboxylic acids is 2. The summed E-state index contributed by atoms with van der Waals surface area (Å²) in [6.07, 6.45) is 3.84. The number of nitrogens with zero attached hydrogens (tertiary/aromatic N) is 3. The molecule has 3 aliphatic rings. The van der Waals surface area contributed by atoms with Crippen LogP contribution in [0.2, 0.25) is 0 Å². The summed E-state index contributed by atoms with van der Waals surface area (Å²) in [6, 6.07) is 0.438. The van der Waals surface area contributed by atoms with Gasteiger partial charge in [0.15, 0.2) is 5.78 Å². The Morgan fingerprint density at radius 1 is 1.50 bits per heavy atom. The van der Waals surface area contributed by atoms with Gasteiger partial charge in [0.2, 0.25) is 5.91 Å². The van der Waals surface area contributed by atoms with Gasteiger partial charge in [-0.15, -0.1) is 5.10 Å². The van der Waals surface area contributed by atoms with Crippen molar-refractivity contribution in [2.75, 3.05) is 33.4 Å². The predicted molar refractivity (Wildman–Crippen MR) is 85.6 cm³/mol. The molecule has 8 nitrogen and oxygen atoms in total. The minimum absolute atomic E-state index is 0.0631. The van der Waals surface area contributed by atoms with Gasteiger partial charge in [-0.2, -0.15) is 0 Å². The normalized spacial score (nSPS) is 28.8. The number of amides is 1. The molecule has 1 unspecified atom stereocenters. The van der Waals surface area contributed by atoms with Crippen LogP contribution in [-0.4, -0.2) is 66.1 Å². The molecular weight excluding hydrogens is 310 g/mol. The van der Waals surface area contributed by atoms with Gasteiger partial charge in [0.05, 0.1) is 38.4 Å². The maximum absolute atomic E-state index is 12.4. The van der Waals surface area contributed by atoms with E-state index < -0.39 is 0 Å². The van der Waals surface area contributed by atoms with Crippen molar-refractivity contribution in [2.24, 2.45) is 11.8 Å². The molecule has 1 aromatic heterocycles. The van der Waals surface area contributed by atoms with E-state index in [0.29, 0.717) is 30.8 Å². The first kappa shape index (κ1) is 17.0. The molecule has 4 atom stereocenters. The molecule has 0 aromatic carbocycles. The van der Waals surface area contributed by atoms with Gasteiger partial charge in [0, 0.05) is 33.4 Å². The molecule has 3 aliphatic heterocycles. The number of quaternary nitrogens is 1. The molecule has 0 radical (unpaired) electrons. The number of aromatic nitrogens is 3. The Morgan fingerprint density at radius 2 is 2.33 bits per heavy atom. The van der Waals surface area contributed by atoms with Crippen LogP contribution in [0.5, 0.6) is 0 Å². The highest BCUT2D eigenvalue weighted by molar-refractivity contribution is 5.91. The highest BCUT2D eigenvalue weighted by Crippen LogP contribution is 2.27. The van der Waals surface area contributed by atoms with Gasteiger partial charge in [-0.05, 0) is 5.92 Å². The number of fused-ring (bicyclic) bond motifs is 3. The number of hydrogen-bond donors (Lipinski definition) is 2. The maximum Gasteiger partial charge on any atom is 0.229 e. The van der Waals surface area contributed by atoms with Crippen molar-refractivity contribution in [1.82, 2.24) is 20.3 Å². The average molecular weight is 336 g/mol. The molecule has 0 spiro atoms. The number of ketones is 1. The van der Waals surface area contributed by atoms with Crippen LogP contribution in [0, 0.1) is 11.8 Å². The van der Waals surface area contributed by atoms with Gasteiger partial charge in [-0.25, -0.2) is 4.68 Å². The Bertz CT molecular complexity index is 602. The lowest BCUT2D eigenvalue weighted by Crippen LogP contribution is -3.20. The Labute approximate surface area is 141 Å². The van der Waals surface area contributed by atoms with Crippen LogP contribution in [0.1, 0.15) is 30.3 Å². The lowest BCUT2D eigenvalue weighted by Gasteiger charge is -2.46. The second-order valence-electron chi connectivity index (χ2n) is 6.87. The lowest BCUT2D eigenvalue weighted by atomic mass is 9.75. The molecule has 8 heteroatoms. The van der Waals surface area contributed by atoms with Gasteiger partial charge >= 0.3 is 0 Å². The summed E-state index contributed by atoms with van der Waals surface area (Å²) in [5, 5.41) is 10.9. The zero-order valence-electron chi connectivity index (χ0n) is 14.3. The molecule has 132 valence electrons. The van der Waals surface area contributed by atoms with Gasteiger partial charge in [0.25, 0.3) is 0 Å². The van der Waals surface area contributed by atoms with Crippen molar-refractivity contribution in [2.45, 2.75) is 32.4 Å². The third-order valence-corrected chi connectivity index (χ3v) is 5.30. The molecule has 1 amide bonds. The highest BCUT2D eigenvalue weighted by Gasteiger charge is 2.46. The third-order valence-electron chi connectivity index (χ3n) is 5.30. The van der Waals surface area contributed by atoms with E-state index in [9.17, 15) is 9.59 Å². The minimum Gasteiger partial charge on any atom is -0.383 e. The molecule has 3 fully saturated rings. The predicted octanol–water partition coefficient (Wildman–Crippen LogP) is -1.46. The van der Waals surface area contributed by atoms with Gasteiger partial charge < -0.3 is 15.0 Å².